The summed E-state index contributed by atoms with van der Waals surface area (Å²) in [5.41, 5.74) is 0. The highest BCUT2D eigenvalue weighted by Crippen LogP contribution is 2.04. The monoisotopic (exact) mass is 293 g/mol. The van der Waals surface area contributed by atoms with E-state index in [9.17, 15) is 13.2 Å². The summed E-state index contributed by atoms with van der Waals surface area (Å²) in [4.78, 5) is 13.5. The maximum atomic E-state index is 11.8. The number of hydrogen-bond acceptors (Lipinski definition) is 4. The van der Waals surface area contributed by atoms with Crippen LogP contribution in [-0.4, -0.2) is 75.8 Å². The van der Waals surface area contributed by atoms with Gasteiger partial charge in [-0.25, -0.2) is 17.5 Å². The molecule has 1 fully saturated rings. The van der Waals surface area contributed by atoms with Crippen LogP contribution in [0.3, 0.4) is 0 Å². The molecule has 2 amide bonds. The predicted octanol–water partition coefficient (Wildman–Crippen LogP) is -0.302. The molecule has 1 aliphatic rings. The zero-order valence-corrected chi connectivity index (χ0v) is 12.6. The first-order chi connectivity index (χ1) is 8.80. The summed E-state index contributed by atoms with van der Waals surface area (Å²) in [6.07, 6.45) is 1.83. The van der Waals surface area contributed by atoms with E-state index >= 15 is 0 Å². The molecule has 1 heterocycles. The van der Waals surface area contributed by atoms with Crippen LogP contribution in [-0.2, 0) is 14.8 Å². The lowest BCUT2D eigenvalue weighted by Crippen LogP contribution is -2.49. The van der Waals surface area contributed by atoms with Crippen LogP contribution in [0.4, 0.5) is 4.79 Å². The number of rotatable bonds is 5. The molecular formula is C11H23N3O4S. The molecule has 1 saturated heterocycles. The second-order valence-corrected chi connectivity index (χ2v) is 6.89. The molecular weight excluding hydrogens is 270 g/mol. The Labute approximate surface area is 114 Å². The van der Waals surface area contributed by atoms with Gasteiger partial charge in [0, 0.05) is 33.2 Å². The smallest absolute Gasteiger partial charge is 0.317 e. The van der Waals surface area contributed by atoms with Crippen molar-refractivity contribution in [3.63, 3.8) is 0 Å². The van der Waals surface area contributed by atoms with E-state index < -0.39 is 10.0 Å². The summed E-state index contributed by atoms with van der Waals surface area (Å²) >= 11 is 0. The fourth-order valence-corrected chi connectivity index (χ4v) is 2.24. The van der Waals surface area contributed by atoms with E-state index in [4.69, 9.17) is 4.74 Å². The van der Waals surface area contributed by atoms with Gasteiger partial charge in [0.25, 0.3) is 0 Å². The summed E-state index contributed by atoms with van der Waals surface area (Å²) in [6.45, 7) is 4.55. The molecule has 1 rings (SSSR count). The van der Waals surface area contributed by atoms with Gasteiger partial charge in [0.1, 0.15) is 0 Å². The number of carbonyl (C=O) groups excluding carboxylic acids is 1. The third-order valence-corrected chi connectivity index (χ3v) is 4.34. The first-order valence-corrected chi connectivity index (χ1v) is 8.21. The summed E-state index contributed by atoms with van der Waals surface area (Å²) in [6, 6.07) is -0.114. The zero-order valence-electron chi connectivity index (χ0n) is 11.8. The Hall–Kier alpha value is -0.860. The van der Waals surface area contributed by atoms with Crippen LogP contribution in [0, 0.1) is 0 Å². The average molecular weight is 293 g/mol. The van der Waals surface area contributed by atoms with Crippen LogP contribution in [0.15, 0.2) is 0 Å². The number of urea groups is 1. The van der Waals surface area contributed by atoms with E-state index in [1.54, 1.807) is 4.90 Å². The molecule has 1 N–H and O–H groups in total. The normalized spacial score (nSPS) is 20.6. The third kappa shape index (κ3) is 5.75. The second-order valence-electron chi connectivity index (χ2n) is 4.80. The Balaban J connectivity index is 2.20. The van der Waals surface area contributed by atoms with E-state index in [0.717, 1.165) is 0 Å². The molecule has 0 aromatic carbocycles. The number of hydrogen-bond donors (Lipinski definition) is 1. The molecule has 0 saturated carbocycles. The molecule has 0 aliphatic carbocycles. The van der Waals surface area contributed by atoms with E-state index in [1.807, 2.05) is 6.92 Å². The highest BCUT2D eigenvalue weighted by Gasteiger charge is 2.20. The fraction of sp³-hybridized carbons (Fsp3) is 0.909. The minimum Gasteiger partial charge on any atom is -0.375 e. The number of morpholine rings is 1. The molecule has 0 radical (unpaired) electrons. The second kappa shape index (κ2) is 7.06. The van der Waals surface area contributed by atoms with Crippen LogP contribution in [0.2, 0.25) is 0 Å². The maximum absolute atomic E-state index is 11.8. The average Bonchev–Trinajstić information content (AvgIpc) is 2.32. The molecule has 0 aromatic heterocycles. The molecule has 112 valence electrons. The number of carbonyl (C=O) groups is 1. The van der Waals surface area contributed by atoms with Gasteiger partial charge in [-0.3, -0.25) is 0 Å². The lowest BCUT2D eigenvalue weighted by Gasteiger charge is -2.31. The number of ether oxygens (including phenoxy) is 1. The third-order valence-electron chi connectivity index (χ3n) is 3.02. The van der Waals surface area contributed by atoms with Crippen LogP contribution in [0.5, 0.6) is 0 Å². The summed E-state index contributed by atoms with van der Waals surface area (Å²) in [7, 11) is -1.61. The summed E-state index contributed by atoms with van der Waals surface area (Å²) < 4.78 is 28.9. The van der Waals surface area contributed by atoms with E-state index in [1.165, 1.54) is 17.6 Å². The Morgan fingerprint density at radius 3 is 2.79 bits per heavy atom. The first-order valence-electron chi connectivity index (χ1n) is 6.36. The molecule has 7 nitrogen and oxygen atoms in total. The minimum absolute atomic E-state index is 0.0656. The fourth-order valence-electron chi connectivity index (χ4n) is 1.78. The van der Waals surface area contributed by atoms with Gasteiger partial charge in [-0.2, -0.15) is 0 Å². The van der Waals surface area contributed by atoms with Gasteiger partial charge in [0.15, 0.2) is 0 Å². The summed E-state index contributed by atoms with van der Waals surface area (Å²) in [5, 5.41) is 2.79. The molecule has 1 atom stereocenters. The van der Waals surface area contributed by atoms with Crippen LogP contribution < -0.4 is 5.32 Å². The van der Waals surface area contributed by atoms with Crippen LogP contribution in [0.25, 0.3) is 0 Å². The SMILES string of the molecule is CC1CN(C(=O)NCCCN(C)S(C)(=O)=O)CCO1. The molecule has 1 unspecified atom stereocenters. The maximum Gasteiger partial charge on any atom is 0.317 e. The predicted molar refractivity (Wildman–Crippen MR) is 72.5 cm³/mol. The molecule has 1 aliphatic heterocycles. The van der Waals surface area contributed by atoms with Crippen LogP contribution >= 0.6 is 0 Å². The van der Waals surface area contributed by atoms with Crippen LogP contribution in [0.1, 0.15) is 13.3 Å². The van der Waals surface area contributed by atoms with Crippen molar-refractivity contribution in [1.29, 1.82) is 0 Å². The molecule has 0 aromatic rings. The van der Waals surface area contributed by atoms with Crippen molar-refractivity contribution in [2.75, 3.05) is 46.1 Å². The van der Waals surface area contributed by atoms with E-state index in [0.29, 0.717) is 39.2 Å². The van der Waals surface area contributed by atoms with Crippen molar-refractivity contribution < 1.29 is 17.9 Å². The van der Waals surface area contributed by atoms with Gasteiger partial charge in [-0.15, -0.1) is 0 Å². The molecule has 8 heteroatoms. The summed E-state index contributed by atoms with van der Waals surface area (Å²) in [5.74, 6) is 0. The Morgan fingerprint density at radius 1 is 1.53 bits per heavy atom. The number of sulfonamides is 1. The quantitative estimate of drug-likeness (QED) is 0.706. The Morgan fingerprint density at radius 2 is 2.21 bits per heavy atom. The first kappa shape index (κ1) is 16.2. The van der Waals surface area contributed by atoms with E-state index in [2.05, 4.69) is 5.32 Å². The van der Waals surface area contributed by atoms with Gasteiger partial charge in [-0.05, 0) is 13.3 Å². The van der Waals surface area contributed by atoms with Gasteiger partial charge in [-0.1, -0.05) is 0 Å². The van der Waals surface area contributed by atoms with Crippen molar-refractivity contribution in [2.45, 2.75) is 19.4 Å². The van der Waals surface area contributed by atoms with Crippen molar-refractivity contribution in [1.82, 2.24) is 14.5 Å². The van der Waals surface area contributed by atoms with Crippen molar-refractivity contribution in [2.24, 2.45) is 0 Å². The minimum atomic E-state index is -3.14. The largest absolute Gasteiger partial charge is 0.375 e. The number of amides is 2. The van der Waals surface area contributed by atoms with Gasteiger partial charge < -0.3 is 15.0 Å². The van der Waals surface area contributed by atoms with Crippen molar-refractivity contribution >= 4 is 16.1 Å². The van der Waals surface area contributed by atoms with E-state index in [-0.39, 0.29) is 12.1 Å². The van der Waals surface area contributed by atoms with Gasteiger partial charge in [0.05, 0.1) is 19.0 Å². The molecule has 0 spiro atoms. The Kier molecular flexibility index (Phi) is 6.02. The lowest BCUT2D eigenvalue weighted by molar-refractivity contribution is -0.00345. The number of nitrogens with one attached hydrogen (secondary N) is 1. The zero-order chi connectivity index (χ0) is 14.5. The van der Waals surface area contributed by atoms with Gasteiger partial charge in [0.2, 0.25) is 10.0 Å². The Bertz CT molecular complexity index is 399. The highest BCUT2D eigenvalue weighted by atomic mass is 32.2. The van der Waals surface area contributed by atoms with Crippen molar-refractivity contribution in [3.8, 4) is 0 Å². The van der Waals surface area contributed by atoms with Gasteiger partial charge >= 0.3 is 6.03 Å². The molecule has 19 heavy (non-hydrogen) atoms. The lowest BCUT2D eigenvalue weighted by atomic mass is 10.3. The van der Waals surface area contributed by atoms with Crippen molar-refractivity contribution in [3.05, 3.63) is 0 Å². The molecule has 0 bridgehead atoms. The number of nitrogens with zero attached hydrogens (tertiary/aromatic N) is 2. The standard InChI is InChI=1S/C11H23N3O4S/c1-10-9-14(7-8-18-10)11(15)12-5-4-6-13(2)19(3,16)17/h10H,4-9H2,1-3H3,(H,12,15). The topological polar surface area (TPSA) is 79.0 Å². The highest BCUT2D eigenvalue weighted by molar-refractivity contribution is 7.88.